The lowest BCUT2D eigenvalue weighted by Gasteiger charge is -2.16. The number of nitrogens with zero attached hydrogens (tertiary/aromatic N) is 1. The Morgan fingerprint density at radius 2 is 1.50 bits per heavy atom. The van der Waals surface area contributed by atoms with E-state index in [-0.39, 0.29) is 11.3 Å². The number of carbonyl (C=O) groups excluding carboxylic acids is 2. The second-order valence-corrected chi connectivity index (χ2v) is 7.31. The fourth-order valence-corrected chi connectivity index (χ4v) is 3.54. The van der Waals surface area contributed by atoms with E-state index in [2.05, 4.69) is 5.32 Å². The number of anilines is 2. The predicted molar refractivity (Wildman–Crippen MR) is 120 cm³/mol. The number of hydrogen-bond donors (Lipinski definition) is 1. The first kappa shape index (κ1) is 21.4. The molecule has 0 saturated heterocycles. The van der Waals surface area contributed by atoms with E-state index in [0.29, 0.717) is 33.5 Å². The molecule has 0 bridgehead atoms. The molecule has 0 radical (unpaired) electrons. The number of amides is 2. The average molecular weight is 453 g/mol. The minimum atomic E-state index is -0.550. The van der Waals surface area contributed by atoms with Gasteiger partial charge in [-0.2, -0.15) is 0 Å². The predicted octanol–water partition coefficient (Wildman–Crippen LogP) is 4.89. The second kappa shape index (κ2) is 8.72. The van der Waals surface area contributed by atoms with Gasteiger partial charge < -0.3 is 14.8 Å². The highest BCUT2D eigenvalue weighted by Crippen LogP contribution is 2.36. The summed E-state index contributed by atoms with van der Waals surface area (Å²) in [4.78, 5) is 27.8. The summed E-state index contributed by atoms with van der Waals surface area (Å²) in [6.45, 7) is 0. The molecule has 1 N–H and O–H groups in total. The monoisotopic (exact) mass is 452 g/mol. The van der Waals surface area contributed by atoms with E-state index >= 15 is 0 Å². The number of imide groups is 1. The van der Waals surface area contributed by atoms with Crippen molar-refractivity contribution in [3.63, 3.8) is 0 Å². The molecule has 1 aliphatic heterocycles. The van der Waals surface area contributed by atoms with Crippen molar-refractivity contribution in [2.75, 3.05) is 24.4 Å². The molecule has 0 aromatic heterocycles. The molecular formula is C24H18ClFN2O4. The Labute approximate surface area is 188 Å². The van der Waals surface area contributed by atoms with Crippen LogP contribution < -0.4 is 19.7 Å². The standard InChI is InChI=1S/C24H18ClFN2O4/c1-31-19-12-9-17(13-20(19)32-2)27-22-21(14-3-7-16(26)8-4-14)23(29)28(24(22)30)18-10-5-15(25)6-11-18/h3-13,27H,1-2H3. The molecule has 0 saturated carbocycles. The maximum atomic E-state index is 13.5. The van der Waals surface area contributed by atoms with Gasteiger partial charge in [0.2, 0.25) is 0 Å². The molecule has 162 valence electrons. The van der Waals surface area contributed by atoms with Crippen LogP contribution in [0.5, 0.6) is 11.5 Å². The SMILES string of the molecule is COc1ccc(NC2=C(c3ccc(F)cc3)C(=O)N(c3ccc(Cl)cc3)C2=O)cc1OC. The topological polar surface area (TPSA) is 67.9 Å². The normalized spacial score (nSPS) is 13.6. The van der Waals surface area contributed by atoms with Crippen LogP contribution in [0.3, 0.4) is 0 Å². The van der Waals surface area contributed by atoms with Gasteiger partial charge in [-0.25, -0.2) is 9.29 Å². The van der Waals surface area contributed by atoms with Crippen molar-refractivity contribution in [3.8, 4) is 11.5 Å². The van der Waals surface area contributed by atoms with Crippen LogP contribution >= 0.6 is 11.6 Å². The van der Waals surface area contributed by atoms with Crippen LogP contribution in [0, 0.1) is 5.82 Å². The number of carbonyl (C=O) groups is 2. The zero-order valence-electron chi connectivity index (χ0n) is 17.2. The molecule has 6 nitrogen and oxygen atoms in total. The fourth-order valence-electron chi connectivity index (χ4n) is 3.41. The molecule has 4 rings (SSSR count). The smallest absolute Gasteiger partial charge is 0.282 e. The fraction of sp³-hybridized carbons (Fsp3) is 0.0833. The Morgan fingerprint density at radius 1 is 0.844 bits per heavy atom. The Morgan fingerprint density at radius 3 is 2.12 bits per heavy atom. The van der Waals surface area contributed by atoms with Gasteiger partial charge in [-0.1, -0.05) is 23.7 Å². The van der Waals surface area contributed by atoms with Crippen LogP contribution in [0.1, 0.15) is 5.56 Å². The van der Waals surface area contributed by atoms with Gasteiger partial charge in [0.15, 0.2) is 11.5 Å². The lowest BCUT2D eigenvalue weighted by Crippen LogP contribution is -2.32. The highest BCUT2D eigenvalue weighted by atomic mass is 35.5. The molecule has 1 aliphatic rings. The second-order valence-electron chi connectivity index (χ2n) is 6.87. The average Bonchev–Trinajstić information content (AvgIpc) is 3.04. The van der Waals surface area contributed by atoms with Gasteiger partial charge in [-0.05, 0) is 54.1 Å². The van der Waals surface area contributed by atoms with Gasteiger partial charge >= 0.3 is 0 Å². The van der Waals surface area contributed by atoms with Crippen molar-refractivity contribution in [2.24, 2.45) is 0 Å². The first-order chi connectivity index (χ1) is 15.4. The molecule has 3 aromatic carbocycles. The van der Waals surface area contributed by atoms with Crippen LogP contribution in [0.2, 0.25) is 5.02 Å². The molecule has 2 amide bonds. The lowest BCUT2D eigenvalue weighted by molar-refractivity contribution is -0.120. The summed E-state index contributed by atoms with van der Waals surface area (Å²) >= 11 is 5.95. The molecule has 0 fully saturated rings. The van der Waals surface area contributed by atoms with Crippen LogP contribution in [-0.2, 0) is 9.59 Å². The minimum Gasteiger partial charge on any atom is -0.493 e. The van der Waals surface area contributed by atoms with Gasteiger partial charge in [-0.15, -0.1) is 0 Å². The zero-order chi connectivity index (χ0) is 22.8. The van der Waals surface area contributed by atoms with E-state index in [1.54, 1.807) is 42.5 Å². The van der Waals surface area contributed by atoms with Gasteiger partial charge in [0.1, 0.15) is 11.5 Å². The van der Waals surface area contributed by atoms with Crippen molar-refractivity contribution in [3.05, 3.63) is 88.8 Å². The maximum absolute atomic E-state index is 13.5. The van der Waals surface area contributed by atoms with E-state index in [1.807, 2.05) is 0 Å². The Balaban J connectivity index is 1.80. The first-order valence-electron chi connectivity index (χ1n) is 9.56. The number of halogens is 2. The Bertz CT molecular complexity index is 1220. The number of rotatable bonds is 6. The summed E-state index contributed by atoms with van der Waals surface area (Å²) in [7, 11) is 3.01. The number of benzene rings is 3. The van der Waals surface area contributed by atoms with Crippen molar-refractivity contribution < 1.29 is 23.5 Å². The van der Waals surface area contributed by atoms with E-state index in [0.717, 1.165) is 4.90 Å². The zero-order valence-corrected chi connectivity index (χ0v) is 17.9. The maximum Gasteiger partial charge on any atom is 0.282 e. The number of ether oxygens (including phenoxy) is 2. The molecular weight excluding hydrogens is 435 g/mol. The highest BCUT2D eigenvalue weighted by Gasteiger charge is 2.40. The third kappa shape index (κ3) is 3.90. The number of hydrogen-bond acceptors (Lipinski definition) is 5. The summed E-state index contributed by atoms with van der Waals surface area (Å²) in [6.07, 6.45) is 0. The summed E-state index contributed by atoms with van der Waals surface area (Å²) in [5.41, 5.74) is 1.47. The molecule has 8 heteroatoms. The van der Waals surface area contributed by atoms with Crippen molar-refractivity contribution >= 4 is 40.4 Å². The summed E-state index contributed by atoms with van der Waals surface area (Å²) in [6, 6.07) is 16.8. The van der Waals surface area contributed by atoms with Crippen molar-refractivity contribution in [1.29, 1.82) is 0 Å². The number of nitrogens with one attached hydrogen (secondary N) is 1. The van der Waals surface area contributed by atoms with Crippen LogP contribution in [-0.4, -0.2) is 26.0 Å². The van der Waals surface area contributed by atoms with E-state index in [4.69, 9.17) is 21.1 Å². The van der Waals surface area contributed by atoms with Gasteiger partial charge in [-0.3, -0.25) is 9.59 Å². The van der Waals surface area contributed by atoms with E-state index in [1.165, 1.54) is 38.5 Å². The summed E-state index contributed by atoms with van der Waals surface area (Å²) < 4.78 is 24.1. The number of methoxy groups -OCH3 is 2. The molecule has 32 heavy (non-hydrogen) atoms. The molecule has 0 aliphatic carbocycles. The van der Waals surface area contributed by atoms with Gasteiger partial charge in [0.25, 0.3) is 11.8 Å². The molecule has 3 aromatic rings. The third-order valence-corrected chi connectivity index (χ3v) is 5.21. The first-order valence-corrected chi connectivity index (χ1v) is 9.94. The van der Waals surface area contributed by atoms with E-state index < -0.39 is 17.6 Å². The summed E-state index contributed by atoms with van der Waals surface area (Å²) in [5.74, 6) is -0.566. The summed E-state index contributed by atoms with van der Waals surface area (Å²) in [5, 5.41) is 3.51. The molecule has 1 heterocycles. The quantitative estimate of drug-likeness (QED) is 0.539. The van der Waals surface area contributed by atoms with Crippen LogP contribution in [0.4, 0.5) is 15.8 Å². The Kier molecular flexibility index (Phi) is 5.83. The van der Waals surface area contributed by atoms with Gasteiger partial charge in [0, 0.05) is 16.8 Å². The Hall–Kier alpha value is -3.84. The molecule has 0 spiro atoms. The van der Waals surface area contributed by atoms with Crippen molar-refractivity contribution in [1.82, 2.24) is 0 Å². The van der Waals surface area contributed by atoms with Gasteiger partial charge in [0.05, 0.1) is 25.5 Å². The minimum absolute atomic E-state index is 0.0591. The largest absolute Gasteiger partial charge is 0.493 e. The molecule has 0 atom stereocenters. The highest BCUT2D eigenvalue weighted by molar-refractivity contribution is 6.46. The lowest BCUT2D eigenvalue weighted by atomic mass is 10.0. The van der Waals surface area contributed by atoms with Crippen LogP contribution in [0.15, 0.2) is 72.4 Å². The van der Waals surface area contributed by atoms with Crippen LogP contribution in [0.25, 0.3) is 5.57 Å². The molecule has 0 unspecified atom stereocenters. The van der Waals surface area contributed by atoms with E-state index in [9.17, 15) is 14.0 Å². The third-order valence-electron chi connectivity index (χ3n) is 4.95. The van der Waals surface area contributed by atoms with Crippen molar-refractivity contribution in [2.45, 2.75) is 0 Å².